The number of thiazole rings is 1. The van der Waals surface area contributed by atoms with Gasteiger partial charge in [-0.15, -0.1) is 11.3 Å². The van der Waals surface area contributed by atoms with Crippen LogP contribution in [-0.2, 0) is 29.3 Å². The average molecular weight is 454 g/mol. The van der Waals surface area contributed by atoms with Gasteiger partial charge in [0.25, 0.3) is 15.9 Å². The standard InChI is InChI=1S/C23H23N3O3S2/c1-15-9-10-19-21(13-15)30-23(24-19)25-22(27)17-6-4-7-18(14-17)31(28,29)26-12-11-16-5-2-3-8-20(16)26/h2-8,14-15H,9-13H2,1H3,(H,24,25,27). The van der Waals surface area contributed by atoms with Crippen molar-refractivity contribution in [1.29, 1.82) is 0 Å². The molecule has 8 heteroatoms. The van der Waals surface area contributed by atoms with Crippen LogP contribution < -0.4 is 9.62 Å². The maximum atomic E-state index is 13.3. The number of para-hydroxylation sites is 1. The molecule has 1 aliphatic carbocycles. The third kappa shape index (κ3) is 3.74. The highest BCUT2D eigenvalue weighted by Gasteiger charge is 2.31. The lowest BCUT2D eigenvalue weighted by Crippen LogP contribution is -2.29. The molecule has 0 radical (unpaired) electrons. The van der Waals surface area contributed by atoms with Crippen LogP contribution in [0.2, 0.25) is 0 Å². The van der Waals surface area contributed by atoms with E-state index in [2.05, 4.69) is 17.2 Å². The van der Waals surface area contributed by atoms with Crippen molar-refractivity contribution in [3.05, 3.63) is 70.2 Å². The molecule has 1 aliphatic heterocycles. The normalized spacial score (nSPS) is 17.8. The number of rotatable bonds is 4. The number of amides is 1. The predicted molar refractivity (Wildman–Crippen MR) is 122 cm³/mol. The fraction of sp³-hybridized carbons (Fsp3) is 0.304. The first kappa shape index (κ1) is 20.2. The van der Waals surface area contributed by atoms with Crippen molar-refractivity contribution in [3.63, 3.8) is 0 Å². The van der Waals surface area contributed by atoms with E-state index in [0.717, 1.165) is 30.5 Å². The second kappa shape index (κ2) is 7.76. The molecule has 0 fully saturated rings. The highest BCUT2D eigenvalue weighted by atomic mass is 32.2. The Morgan fingerprint density at radius 3 is 2.87 bits per heavy atom. The van der Waals surface area contributed by atoms with Crippen LogP contribution in [0.15, 0.2) is 53.4 Å². The van der Waals surface area contributed by atoms with Crippen LogP contribution in [0.5, 0.6) is 0 Å². The molecule has 31 heavy (non-hydrogen) atoms. The zero-order valence-electron chi connectivity index (χ0n) is 17.2. The van der Waals surface area contributed by atoms with E-state index < -0.39 is 10.0 Å². The smallest absolute Gasteiger partial charge is 0.264 e. The molecular weight excluding hydrogens is 430 g/mol. The number of fused-ring (bicyclic) bond motifs is 2. The van der Waals surface area contributed by atoms with Gasteiger partial charge in [-0.3, -0.25) is 14.4 Å². The summed E-state index contributed by atoms with van der Waals surface area (Å²) in [5.41, 5.74) is 3.10. The molecule has 1 aromatic heterocycles. The molecule has 6 nitrogen and oxygen atoms in total. The first-order valence-electron chi connectivity index (χ1n) is 10.4. The molecule has 3 aromatic rings. The lowest BCUT2D eigenvalue weighted by Gasteiger charge is -2.19. The Hall–Kier alpha value is -2.71. The Morgan fingerprint density at radius 1 is 1.16 bits per heavy atom. The Kier molecular flexibility index (Phi) is 5.06. The average Bonchev–Trinajstić information content (AvgIpc) is 3.37. The molecule has 2 aliphatic rings. The van der Waals surface area contributed by atoms with Gasteiger partial charge in [0.1, 0.15) is 0 Å². The summed E-state index contributed by atoms with van der Waals surface area (Å²) >= 11 is 1.51. The van der Waals surface area contributed by atoms with Gasteiger partial charge < -0.3 is 0 Å². The summed E-state index contributed by atoms with van der Waals surface area (Å²) in [6, 6.07) is 13.7. The summed E-state index contributed by atoms with van der Waals surface area (Å²) in [5.74, 6) is 0.284. The largest absolute Gasteiger partial charge is 0.298 e. The highest BCUT2D eigenvalue weighted by molar-refractivity contribution is 7.92. The van der Waals surface area contributed by atoms with Crippen molar-refractivity contribution in [2.45, 2.75) is 37.5 Å². The predicted octanol–water partition coefficient (Wildman–Crippen LogP) is 4.27. The maximum absolute atomic E-state index is 13.3. The number of sulfonamides is 1. The lowest BCUT2D eigenvalue weighted by atomic mass is 9.93. The molecule has 2 heterocycles. The second-order valence-corrected chi connectivity index (χ2v) is 11.1. The summed E-state index contributed by atoms with van der Waals surface area (Å²) in [6.07, 6.45) is 3.73. The number of hydrogen-bond acceptors (Lipinski definition) is 5. The van der Waals surface area contributed by atoms with Crippen molar-refractivity contribution >= 4 is 38.1 Å². The van der Waals surface area contributed by atoms with Gasteiger partial charge in [0.15, 0.2) is 5.13 Å². The Balaban J connectivity index is 1.38. The zero-order chi connectivity index (χ0) is 21.6. The van der Waals surface area contributed by atoms with Gasteiger partial charge in [0.2, 0.25) is 0 Å². The van der Waals surface area contributed by atoms with Crippen LogP contribution >= 0.6 is 11.3 Å². The molecule has 1 amide bonds. The number of hydrogen-bond donors (Lipinski definition) is 1. The number of anilines is 2. The van der Waals surface area contributed by atoms with Crippen LogP contribution in [-0.4, -0.2) is 25.9 Å². The van der Waals surface area contributed by atoms with Crippen LogP contribution in [0.3, 0.4) is 0 Å². The van der Waals surface area contributed by atoms with Gasteiger partial charge in [-0.05, 0) is 61.4 Å². The molecule has 0 saturated heterocycles. The van der Waals surface area contributed by atoms with Gasteiger partial charge in [0.05, 0.1) is 16.3 Å². The van der Waals surface area contributed by atoms with E-state index in [0.29, 0.717) is 35.3 Å². The molecule has 0 spiro atoms. The minimum atomic E-state index is -3.75. The van der Waals surface area contributed by atoms with Crippen LogP contribution in [0.4, 0.5) is 10.8 Å². The fourth-order valence-electron chi connectivity index (χ4n) is 4.25. The number of benzene rings is 2. The second-order valence-electron chi connectivity index (χ2n) is 8.17. The summed E-state index contributed by atoms with van der Waals surface area (Å²) in [6.45, 7) is 2.63. The van der Waals surface area contributed by atoms with E-state index in [1.165, 1.54) is 32.7 Å². The highest BCUT2D eigenvalue weighted by Crippen LogP contribution is 2.34. The van der Waals surface area contributed by atoms with Crippen molar-refractivity contribution in [1.82, 2.24) is 4.98 Å². The minimum Gasteiger partial charge on any atom is -0.298 e. The van der Waals surface area contributed by atoms with E-state index in [9.17, 15) is 13.2 Å². The summed E-state index contributed by atoms with van der Waals surface area (Å²) < 4.78 is 28.0. The number of aryl methyl sites for hydroxylation is 1. The molecule has 2 aromatic carbocycles. The number of carbonyl (C=O) groups is 1. The molecule has 160 valence electrons. The quantitative estimate of drug-likeness (QED) is 0.640. The van der Waals surface area contributed by atoms with Gasteiger partial charge in [-0.25, -0.2) is 13.4 Å². The monoisotopic (exact) mass is 453 g/mol. The zero-order valence-corrected chi connectivity index (χ0v) is 18.8. The topological polar surface area (TPSA) is 79.4 Å². The third-order valence-corrected chi connectivity index (χ3v) is 8.78. The first-order valence-corrected chi connectivity index (χ1v) is 12.7. The number of carbonyl (C=O) groups excluding carboxylic acids is 1. The fourth-order valence-corrected chi connectivity index (χ4v) is 6.96. The van der Waals surface area contributed by atoms with E-state index in [1.54, 1.807) is 12.1 Å². The minimum absolute atomic E-state index is 0.115. The van der Waals surface area contributed by atoms with E-state index in [1.807, 2.05) is 24.3 Å². The van der Waals surface area contributed by atoms with Gasteiger partial charge in [0, 0.05) is 17.0 Å². The Morgan fingerprint density at radius 2 is 2.00 bits per heavy atom. The van der Waals surface area contributed by atoms with Crippen LogP contribution in [0.1, 0.15) is 39.8 Å². The summed E-state index contributed by atoms with van der Waals surface area (Å²) in [7, 11) is -3.75. The molecule has 0 bridgehead atoms. The van der Waals surface area contributed by atoms with Gasteiger partial charge in [-0.2, -0.15) is 0 Å². The molecule has 1 atom stereocenters. The van der Waals surface area contributed by atoms with Gasteiger partial charge >= 0.3 is 0 Å². The SMILES string of the molecule is CC1CCc2nc(NC(=O)c3cccc(S(=O)(=O)N4CCc5ccccc54)c3)sc2C1. The molecular formula is C23H23N3O3S2. The van der Waals surface area contributed by atoms with E-state index in [-0.39, 0.29) is 10.8 Å². The summed E-state index contributed by atoms with van der Waals surface area (Å²) in [4.78, 5) is 18.8. The van der Waals surface area contributed by atoms with Crippen molar-refractivity contribution < 1.29 is 13.2 Å². The van der Waals surface area contributed by atoms with Crippen LogP contribution in [0.25, 0.3) is 0 Å². The Labute approximate surface area is 186 Å². The molecule has 1 unspecified atom stereocenters. The molecule has 1 N–H and O–H groups in total. The van der Waals surface area contributed by atoms with Crippen molar-refractivity contribution in [2.24, 2.45) is 5.92 Å². The number of nitrogens with zero attached hydrogens (tertiary/aromatic N) is 2. The van der Waals surface area contributed by atoms with Gasteiger partial charge in [-0.1, -0.05) is 31.2 Å². The first-order chi connectivity index (χ1) is 14.9. The van der Waals surface area contributed by atoms with Crippen molar-refractivity contribution in [2.75, 3.05) is 16.2 Å². The molecule has 0 saturated carbocycles. The van der Waals surface area contributed by atoms with E-state index >= 15 is 0 Å². The van der Waals surface area contributed by atoms with Crippen LogP contribution in [0, 0.1) is 5.92 Å². The van der Waals surface area contributed by atoms with E-state index in [4.69, 9.17) is 0 Å². The number of nitrogens with one attached hydrogen (secondary N) is 1. The third-order valence-electron chi connectivity index (χ3n) is 5.94. The maximum Gasteiger partial charge on any atom is 0.264 e. The van der Waals surface area contributed by atoms with Crippen molar-refractivity contribution in [3.8, 4) is 0 Å². The lowest BCUT2D eigenvalue weighted by molar-refractivity contribution is 0.102. The Bertz CT molecular complexity index is 1270. The molecule has 5 rings (SSSR count). The summed E-state index contributed by atoms with van der Waals surface area (Å²) in [5, 5.41) is 3.43. The number of aromatic nitrogens is 1.